The molecule has 0 saturated carbocycles. The Morgan fingerprint density at radius 2 is 1.92 bits per heavy atom. The number of aryl methyl sites for hydroxylation is 2. The van der Waals surface area contributed by atoms with Crippen molar-refractivity contribution in [3.05, 3.63) is 54.4 Å². The topological polar surface area (TPSA) is 73.1 Å². The SMILES string of the molecule is COc1cc(-c2cccc(NCCCCCc3nnc(C)o3)c2)ccn1. The Balaban J connectivity index is 1.45. The summed E-state index contributed by atoms with van der Waals surface area (Å²) >= 11 is 0. The number of pyridine rings is 1. The zero-order valence-corrected chi connectivity index (χ0v) is 15.2. The standard InChI is InChI=1S/C20H24N4O2/c1-15-23-24-19(26-15)9-4-3-5-11-21-18-8-6-7-16(13-18)17-10-12-22-20(14-17)25-2/h6-8,10,12-14,21H,3-5,9,11H2,1-2H3. The van der Waals surface area contributed by atoms with Gasteiger partial charge in [0.25, 0.3) is 0 Å². The fourth-order valence-corrected chi connectivity index (χ4v) is 2.76. The van der Waals surface area contributed by atoms with E-state index in [0.717, 1.165) is 54.9 Å². The van der Waals surface area contributed by atoms with Crippen LogP contribution in [0.2, 0.25) is 0 Å². The van der Waals surface area contributed by atoms with Gasteiger partial charge in [-0.3, -0.25) is 0 Å². The zero-order chi connectivity index (χ0) is 18.2. The van der Waals surface area contributed by atoms with Crippen molar-refractivity contribution < 1.29 is 9.15 Å². The molecule has 2 heterocycles. The molecule has 0 unspecified atom stereocenters. The van der Waals surface area contributed by atoms with Crippen molar-refractivity contribution in [2.45, 2.75) is 32.6 Å². The van der Waals surface area contributed by atoms with Crippen molar-refractivity contribution >= 4 is 5.69 Å². The van der Waals surface area contributed by atoms with Crippen LogP contribution in [0.3, 0.4) is 0 Å². The first-order chi connectivity index (χ1) is 12.7. The maximum absolute atomic E-state index is 5.38. The van der Waals surface area contributed by atoms with Crippen molar-refractivity contribution in [2.75, 3.05) is 19.0 Å². The average molecular weight is 352 g/mol. The van der Waals surface area contributed by atoms with Gasteiger partial charge in [-0.15, -0.1) is 10.2 Å². The molecule has 6 heteroatoms. The Morgan fingerprint density at radius 3 is 2.73 bits per heavy atom. The van der Waals surface area contributed by atoms with Gasteiger partial charge in [0.2, 0.25) is 17.7 Å². The second-order valence-electron chi connectivity index (χ2n) is 6.12. The third-order valence-corrected chi connectivity index (χ3v) is 4.10. The Hall–Kier alpha value is -2.89. The number of anilines is 1. The number of nitrogens with zero attached hydrogens (tertiary/aromatic N) is 3. The Morgan fingerprint density at radius 1 is 1.04 bits per heavy atom. The number of benzene rings is 1. The maximum atomic E-state index is 5.38. The van der Waals surface area contributed by atoms with Crippen molar-refractivity contribution in [1.82, 2.24) is 15.2 Å². The first-order valence-corrected chi connectivity index (χ1v) is 8.88. The van der Waals surface area contributed by atoms with Crippen LogP contribution < -0.4 is 10.1 Å². The summed E-state index contributed by atoms with van der Waals surface area (Å²) in [4.78, 5) is 4.15. The van der Waals surface area contributed by atoms with Crippen molar-refractivity contribution in [2.24, 2.45) is 0 Å². The van der Waals surface area contributed by atoms with E-state index >= 15 is 0 Å². The smallest absolute Gasteiger partial charge is 0.216 e. The molecule has 0 fully saturated rings. The van der Waals surface area contributed by atoms with Crippen molar-refractivity contribution in [1.29, 1.82) is 0 Å². The molecule has 0 atom stereocenters. The number of aromatic nitrogens is 3. The second-order valence-corrected chi connectivity index (χ2v) is 6.12. The predicted molar refractivity (Wildman–Crippen MR) is 101 cm³/mol. The quantitative estimate of drug-likeness (QED) is 0.580. The van der Waals surface area contributed by atoms with Gasteiger partial charge >= 0.3 is 0 Å². The van der Waals surface area contributed by atoms with Crippen molar-refractivity contribution in [3.8, 4) is 17.0 Å². The van der Waals surface area contributed by atoms with Gasteiger partial charge in [-0.1, -0.05) is 18.6 Å². The van der Waals surface area contributed by atoms with Crippen LogP contribution in [-0.2, 0) is 6.42 Å². The summed E-state index contributed by atoms with van der Waals surface area (Å²) in [7, 11) is 1.63. The lowest BCUT2D eigenvalue weighted by Crippen LogP contribution is -2.01. The summed E-state index contributed by atoms with van der Waals surface area (Å²) in [5.74, 6) is 1.99. The van der Waals surface area contributed by atoms with Gasteiger partial charge in [0, 0.05) is 37.8 Å². The minimum atomic E-state index is 0.623. The molecular formula is C20H24N4O2. The summed E-state index contributed by atoms with van der Waals surface area (Å²) in [5, 5.41) is 11.3. The number of methoxy groups -OCH3 is 1. The summed E-state index contributed by atoms with van der Waals surface area (Å²) in [6.07, 6.45) is 5.88. The monoisotopic (exact) mass is 352 g/mol. The number of ether oxygens (including phenoxy) is 1. The molecule has 0 aliphatic carbocycles. The molecule has 3 aromatic rings. The van der Waals surface area contributed by atoms with E-state index in [1.54, 1.807) is 13.3 Å². The van der Waals surface area contributed by atoms with E-state index in [9.17, 15) is 0 Å². The van der Waals surface area contributed by atoms with Crippen LogP contribution in [0.4, 0.5) is 5.69 Å². The van der Waals surface area contributed by atoms with E-state index in [1.807, 2.05) is 19.1 Å². The first-order valence-electron chi connectivity index (χ1n) is 8.88. The molecule has 0 amide bonds. The molecule has 1 N–H and O–H groups in total. The van der Waals surface area contributed by atoms with E-state index in [2.05, 4.69) is 44.8 Å². The fraction of sp³-hybridized carbons (Fsp3) is 0.350. The van der Waals surface area contributed by atoms with Gasteiger partial charge in [0.1, 0.15) is 0 Å². The lowest BCUT2D eigenvalue weighted by atomic mass is 10.1. The molecule has 1 aromatic carbocycles. The van der Waals surface area contributed by atoms with Crippen LogP contribution in [0.15, 0.2) is 47.0 Å². The van der Waals surface area contributed by atoms with Crippen LogP contribution in [-0.4, -0.2) is 28.8 Å². The normalized spacial score (nSPS) is 10.7. The molecule has 0 spiro atoms. The molecule has 2 aromatic heterocycles. The average Bonchev–Trinajstić information content (AvgIpc) is 3.10. The highest BCUT2D eigenvalue weighted by molar-refractivity contribution is 5.68. The van der Waals surface area contributed by atoms with E-state index in [4.69, 9.17) is 9.15 Å². The van der Waals surface area contributed by atoms with Crippen LogP contribution in [0, 0.1) is 6.92 Å². The number of nitrogens with one attached hydrogen (secondary N) is 1. The fourth-order valence-electron chi connectivity index (χ4n) is 2.76. The third kappa shape index (κ3) is 5.05. The minimum absolute atomic E-state index is 0.623. The molecule has 3 rings (SSSR count). The van der Waals surface area contributed by atoms with E-state index < -0.39 is 0 Å². The molecule has 0 aliphatic rings. The van der Waals surface area contributed by atoms with Gasteiger partial charge in [-0.2, -0.15) is 0 Å². The van der Waals surface area contributed by atoms with Gasteiger partial charge in [0.15, 0.2) is 0 Å². The van der Waals surface area contributed by atoms with Crippen LogP contribution in [0.1, 0.15) is 31.0 Å². The Labute approximate surface area is 153 Å². The lowest BCUT2D eigenvalue weighted by Gasteiger charge is -2.09. The van der Waals surface area contributed by atoms with Gasteiger partial charge in [0.05, 0.1) is 7.11 Å². The first kappa shape index (κ1) is 17.9. The van der Waals surface area contributed by atoms with Gasteiger partial charge in [-0.25, -0.2) is 4.98 Å². The van der Waals surface area contributed by atoms with E-state index in [-0.39, 0.29) is 0 Å². The molecule has 0 saturated heterocycles. The highest BCUT2D eigenvalue weighted by atomic mass is 16.5. The number of hydrogen-bond acceptors (Lipinski definition) is 6. The third-order valence-electron chi connectivity index (χ3n) is 4.10. The van der Waals surface area contributed by atoms with E-state index in [1.165, 1.54) is 0 Å². The van der Waals surface area contributed by atoms with Crippen molar-refractivity contribution in [3.63, 3.8) is 0 Å². The number of hydrogen-bond donors (Lipinski definition) is 1. The maximum Gasteiger partial charge on any atom is 0.216 e. The van der Waals surface area contributed by atoms with Crippen LogP contribution in [0.5, 0.6) is 5.88 Å². The van der Waals surface area contributed by atoms with Gasteiger partial charge in [-0.05, 0) is 42.2 Å². The Kier molecular flexibility index (Phi) is 6.19. The summed E-state index contributed by atoms with van der Waals surface area (Å²) < 4.78 is 10.6. The molecule has 0 radical (unpaired) electrons. The highest BCUT2D eigenvalue weighted by Crippen LogP contribution is 2.24. The summed E-state index contributed by atoms with van der Waals surface area (Å²) in [6.45, 7) is 2.75. The summed E-state index contributed by atoms with van der Waals surface area (Å²) in [5.41, 5.74) is 3.35. The molecule has 136 valence electrons. The molecule has 0 bridgehead atoms. The molecule has 0 aliphatic heterocycles. The molecular weight excluding hydrogens is 328 g/mol. The minimum Gasteiger partial charge on any atom is -0.481 e. The van der Waals surface area contributed by atoms with Crippen LogP contribution in [0.25, 0.3) is 11.1 Å². The molecule has 6 nitrogen and oxygen atoms in total. The number of rotatable bonds is 9. The molecule has 26 heavy (non-hydrogen) atoms. The largest absolute Gasteiger partial charge is 0.481 e. The highest BCUT2D eigenvalue weighted by Gasteiger charge is 2.03. The number of unbranched alkanes of at least 4 members (excludes halogenated alkanes) is 2. The predicted octanol–water partition coefficient (Wildman–Crippen LogP) is 4.27. The Bertz CT molecular complexity index is 832. The van der Waals surface area contributed by atoms with E-state index in [0.29, 0.717) is 11.8 Å². The zero-order valence-electron chi connectivity index (χ0n) is 15.2. The van der Waals surface area contributed by atoms with Crippen LogP contribution >= 0.6 is 0 Å². The lowest BCUT2D eigenvalue weighted by molar-refractivity contribution is 0.398. The van der Waals surface area contributed by atoms with Gasteiger partial charge < -0.3 is 14.5 Å². The second kappa shape index (κ2) is 8.99. The summed E-state index contributed by atoms with van der Waals surface area (Å²) in [6, 6.07) is 12.3.